The number of hydrogen-bond acceptors (Lipinski definition) is 3. The van der Waals surface area contributed by atoms with E-state index in [1.165, 1.54) is 0 Å². The normalized spacial score (nSPS) is 10.2. The minimum Gasteiger partial charge on any atom is -0.493 e. The van der Waals surface area contributed by atoms with Gasteiger partial charge in [-0.05, 0) is 18.2 Å². The molecule has 0 aliphatic rings. The summed E-state index contributed by atoms with van der Waals surface area (Å²) < 4.78 is 16.6. The summed E-state index contributed by atoms with van der Waals surface area (Å²) in [6.07, 6.45) is 0. The average Bonchev–Trinajstić information content (AvgIpc) is 2.52. The van der Waals surface area contributed by atoms with Gasteiger partial charge in [0.2, 0.25) is 0 Å². The van der Waals surface area contributed by atoms with Crippen LogP contribution in [-0.4, -0.2) is 20.3 Å². The predicted octanol–water partition coefficient (Wildman–Crippen LogP) is 4.70. The van der Waals surface area contributed by atoms with Gasteiger partial charge >= 0.3 is 0 Å². The van der Waals surface area contributed by atoms with Crippen LogP contribution in [0.25, 0.3) is 0 Å². The molecular weight excluding hydrogens is 356 g/mol. The number of halogens is 2. The van der Waals surface area contributed by atoms with Crippen molar-refractivity contribution in [3.05, 3.63) is 53.1 Å². The molecule has 2 aromatic rings. The van der Waals surface area contributed by atoms with Crippen LogP contribution < -0.4 is 14.2 Å². The molecule has 0 bridgehead atoms. The topological polar surface area (TPSA) is 27.7 Å². The third-order valence-electron chi connectivity index (χ3n) is 2.85. The van der Waals surface area contributed by atoms with Gasteiger partial charge in [-0.1, -0.05) is 51.8 Å². The quantitative estimate of drug-likeness (QED) is 0.521. The van der Waals surface area contributed by atoms with E-state index in [1.54, 1.807) is 7.11 Å². The fourth-order valence-corrected chi connectivity index (χ4v) is 2.54. The molecule has 0 N–H and O–H groups in total. The van der Waals surface area contributed by atoms with E-state index in [1.807, 2.05) is 42.5 Å². The van der Waals surface area contributed by atoms with Gasteiger partial charge in [0.1, 0.15) is 19.0 Å². The molecule has 0 saturated carbocycles. The Morgan fingerprint density at radius 1 is 0.952 bits per heavy atom. The number of methoxy groups -OCH3 is 1. The third kappa shape index (κ3) is 4.29. The molecule has 2 rings (SSSR count). The van der Waals surface area contributed by atoms with Crippen molar-refractivity contribution in [3.8, 4) is 17.2 Å². The first-order valence-corrected chi connectivity index (χ1v) is 7.98. The van der Waals surface area contributed by atoms with Crippen LogP contribution >= 0.6 is 27.5 Å². The summed E-state index contributed by atoms with van der Waals surface area (Å²) >= 11 is 9.57. The molecule has 0 unspecified atom stereocenters. The minimum atomic E-state index is 0.405. The third-order valence-corrected chi connectivity index (χ3v) is 3.75. The van der Waals surface area contributed by atoms with Crippen molar-refractivity contribution in [2.45, 2.75) is 5.33 Å². The van der Waals surface area contributed by atoms with Crippen LogP contribution in [0.3, 0.4) is 0 Å². The highest BCUT2D eigenvalue weighted by atomic mass is 79.9. The highest BCUT2D eigenvalue weighted by Gasteiger charge is 2.08. The highest BCUT2D eigenvalue weighted by molar-refractivity contribution is 9.08. The van der Waals surface area contributed by atoms with Crippen molar-refractivity contribution in [2.75, 3.05) is 20.3 Å². The fourth-order valence-electron chi connectivity index (χ4n) is 1.85. The molecule has 0 radical (unpaired) electrons. The van der Waals surface area contributed by atoms with Gasteiger partial charge in [0.15, 0.2) is 11.5 Å². The maximum atomic E-state index is 6.15. The van der Waals surface area contributed by atoms with E-state index in [-0.39, 0.29) is 0 Å². The van der Waals surface area contributed by atoms with E-state index < -0.39 is 0 Å². The summed E-state index contributed by atoms with van der Waals surface area (Å²) in [6.45, 7) is 0.815. The maximum Gasteiger partial charge on any atom is 0.161 e. The van der Waals surface area contributed by atoms with Crippen molar-refractivity contribution < 1.29 is 14.2 Å². The van der Waals surface area contributed by atoms with Crippen molar-refractivity contribution in [2.24, 2.45) is 0 Å². The van der Waals surface area contributed by atoms with Crippen LogP contribution in [-0.2, 0) is 5.33 Å². The van der Waals surface area contributed by atoms with Crippen LogP contribution in [0.5, 0.6) is 17.2 Å². The highest BCUT2D eigenvalue weighted by Crippen LogP contribution is 2.30. The van der Waals surface area contributed by atoms with Gasteiger partial charge in [-0.3, -0.25) is 0 Å². The minimum absolute atomic E-state index is 0.405. The van der Waals surface area contributed by atoms with Gasteiger partial charge in [-0.25, -0.2) is 0 Å². The molecule has 0 amide bonds. The number of alkyl halides is 1. The molecule has 0 fully saturated rings. The molecule has 21 heavy (non-hydrogen) atoms. The van der Waals surface area contributed by atoms with E-state index in [4.69, 9.17) is 25.8 Å². The summed E-state index contributed by atoms with van der Waals surface area (Å²) in [5.41, 5.74) is 1.01. The zero-order chi connectivity index (χ0) is 15.1. The van der Waals surface area contributed by atoms with Crippen LogP contribution in [0.15, 0.2) is 42.5 Å². The molecule has 0 aromatic heterocycles. The predicted molar refractivity (Wildman–Crippen MR) is 88.1 cm³/mol. The maximum absolute atomic E-state index is 6.15. The lowest BCUT2D eigenvalue weighted by Gasteiger charge is -2.13. The van der Waals surface area contributed by atoms with E-state index in [2.05, 4.69) is 15.9 Å². The van der Waals surface area contributed by atoms with Crippen molar-refractivity contribution in [1.82, 2.24) is 0 Å². The van der Waals surface area contributed by atoms with Crippen LogP contribution in [0, 0.1) is 0 Å². The van der Waals surface area contributed by atoms with E-state index in [9.17, 15) is 0 Å². The molecule has 0 atom stereocenters. The lowest BCUT2D eigenvalue weighted by atomic mass is 10.2. The monoisotopic (exact) mass is 370 g/mol. The van der Waals surface area contributed by atoms with Gasteiger partial charge in [0.25, 0.3) is 0 Å². The number of hydrogen-bond donors (Lipinski definition) is 0. The second-order valence-electron chi connectivity index (χ2n) is 4.21. The Labute approximate surface area is 137 Å². The second kappa shape index (κ2) is 8.15. The molecule has 0 heterocycles. The summed E-state index contributed by atoms with van der Waals surface area (Å²) in [5, 5.41) is 1.29. The van der Waals surface area contributed by atoms with Crippen LogP contribution in [0.2, 0.25) is 5.02 Å². The number of para-hydroxylation sites is 3. The Morgan fingerprint density at radius 3 is 2.38 bits per heavy atom. The van der Waals surface area contributed by atoms with Gasteiger partial charge in [0.05, 0.1) is 12.1 Å². The molecule has 0 saturated heterocycles. The first kappa shape index (κ1) is 16.0. The first-order chi connectivity index (χ1) is 10.3. The Kier molecular flexibility index (Phi) is 6.21. The van der Waals surface area contributed by atoms with Gasteiger partial charge in [-0.15, -0.1) is 0 Å². The standard InChI is InChI=1S/C16H16BrClO3/c1-19-14-7-2-3-8-15(14)20-9-10-21-16-12(11-17)5-4-6-13(16)18/h2-8H,9-11H2,1H3. The second-order valence-corrected chi connectivity index (χ2v) is 5.18. The fraction of sp³-hybridized carbons (Fsp3) is 0.250. The Balaban J connectivity index is 1.91. The summed E-state index contributed by atoms with van der Waals surface area (Å²) in [6, 6.07) is 13.2. The summed E-state index contributed by atoms with van der Waals surface area (Å²) in [7, 11) is 1.62. The van der Waals surface area contributed by atoms with Crippen molar-refractivity contribution in [3.63, 3.8) is 0 Å². The van der Waals surface area contributed by atoms with E-state index >= 15 is 0 Å². The lowest BCUT2D eigenvalue weighted by Crippen LogP contribution is -2.10. The van der Waals surface area contributed by atoms with E-state index in [0.29, 0.717) is 40.8 Å². The number of rotatable bonds is 7. The SMILES string of the molecule is COc1ccccc1OCCOc1c(Cl)cccc1CBr. The van der Waals surface area contributed by atoms with Crippen LogP contribution in [0.4, 0.5) is 0 Å². The zero-order valence-corrected chi connectivity index (χ0v) is 14.0. The molecule has 0 aliphatic carbocycles. The summed E-state index contributed by atoms with van der Waals surface area (Å²) in [5.74, 6) is 2.10. The largest absolute Gasteiger partial charge is 0.493 e. The molecule has 3 nitrogen and oxygen atoms in total. The van der Waals surface area contributed by atoms with Crippen LogP contribution in [0.1, 0.15) is 5.56 Å². The smallest absolute Gasteiger partial charge is 0.161 e. The number of ether oxygens (including phenoxy) is 3. The molecule has 112 valence electrons. The Morgan fingerprint density at radius 2 is 1.67 bits per heavy atom. The molecule has 0 spiro atoms. The average molecular weight is 372 g/mol. The van der Waals surface area contributed by atoms with E-state index in [0.717, 1.165) is 5.56 Å². The molecule has 5 heteroatoms. The van der Waals surface area contributed by atoms with Gasteiger partial charge in [0, 0.05) is 10.9 Å². The number of benzene rings is 2. The molecular formula is C16H16BrClO3. The zero-order valence-electron chi connectivity index (χ0n) is 11.6. The Hall–Kier alpha value is -1.39. The first-order valence-electron chi connectivity index (χ1n) is 6.48. The van der Waals surface area contributed by atoms with Gasteiger partial charge in [-0.2, -0.15) is 0 Å². The molecule has 2 aromatic carbocycles. The molecule has 0 aliphatic heterocycles. The van der Waals surface area contributed by atoms with Crippen molar-refractivity contribution >= 4 is 27.5 Å². The summed E-state index contributed by atoms with van der Waals surface area (Å²) in [4.78, 5) is 0. The van der Waals surface area contributed by atoms with Gasteiger partial charge < -0.3 is 14.2 Å². The lowest BCUT2D eigenvalue weighted by molar-refractivity contribution is 0.210. The van der Waals surface area contributed by atoms with Crippen molar-refractivity contribution in [1.29, 1.82) is 0 Å². The Bertz CT molecular complexity index is 589.